The SMILES string of the molecule is CCCNC(=O)c1cccc(C(=O)N[C@H]2CC[C@@H](C(=O)O)C2)c1. The smallest absolute Gasteiger partial charge is 0.306 e. The van der Waals surface area contributed by atoms with Crippen LogP contribution in [0.25, 0.3) is 0 Å². The maximum absolute atomic E-state index is 12.3. The van der Waals surface area contributed by atoms with Crippen molar-refractivity contribution >= 4 is 17.8 Å². The van der Waals surface area contributed by atoms with Gasteiger partial charge in [0.2, 0.25) is 0 Å². The van der Waals surface area contributed by atoms with E-state index in [1.54, 1.807) is 24.3 Å². The van der Waals surface area contributed by atoms with Crippen molar-refractivity contribution in [1.82, 2.24) is 10.6 Å². The van der Waals surface area contributed by atoms with Crippen LogP contribution in [0.5, 0.6) is 0 Å². The Kier molecular flexibility index (Phi) is 5.73. The molecule has 0 aromatic heterocycles. The van der Waals surface area contributed by atoms with Crippen LogP contribution in [0.15, 0.2) is 24.3 Å². The van der Waals surface area contributed by atoms with Gasteiger partial charge in [0, 0.05) is 23.7 Å². The van der Waals surface area contributed by atoms with E-state index in [0.29, 0.717) is 36.9 Å². The van der Waals surface area contributed by atoms with Gasteiger partial charge in [-0.1, -0.05) is 13.0 Å². The quantitative estimate of drug-likeness (QED) is 0.745. The first-order chi connectivity index (χ1) is 11.0. The van der Waals surface area contributed by atoms with Crippen molar-refractivity contribution in [2.45, 2.75) is 38.6 Å². The van der Waals surface area contributed by atoms with E-state index in [-0.39, 0.29) is 23.8 Å². The predicted octanol–water partition coefficient (Wildman–Crippen LogP) is 1.81. The lowest BCUT2D eigenvalue weighted by Gasteiger charge is -2.13. The molecule has 0 radical (unpaired) electrons. The van der Waals surface area contributed by atoms with Crippen LogP contribution in [0.1, 0.15) is 53.3 Å². The van der Waals surface area contributed by atoms with Crippen LogP contribution in [-0.2, 0) is 4.79 Å². The number of carbonyl (C=O) groups excluding carboxylic acids is 2. The number of hydrogen-bond acceptors (Lipinski definition) is 3. The Morgan fingerprint density at radius 1 is 1.17 bits per heavy atom. The van der Waals surface area contributed by atoms with Crippen LogP contribution in [0.2, 0.25) is 0 Å². The topological polar surface area (TPSA) is 95.5 Å². The molecule has 6 nitrogen and oxygen atoms in total. The van der Waals surface area contributed by atoms with E-state index in [0.717, 1.165) is 6.42 Å². The molecule has 1 saturated carbocycles. The number of carboxylic acid groups (broad SMARTS) is 1. The molecule has 1 fully saturated rings. The summed E-state index contributed by atoms with van der Waals surface area (Å²) >= 11 is 0. The highest BCUT2D eigenvalue weighted by Gasteiger charge is 2.30. The maximum atomic E-state index is 12.3. The van der Waals surface area contributed by atoms with Gasteiger partial charge in [0.25, 0.3) is 11.8 Å². The Bertz CT molecular complexity index is 600. The second-order valence-electron chi connectivity index (χ2n) is 5.86. The summed E-state index contributed by atoms with van der Waals surface area (Å²) < 4.78 is 0. The number of benzene rings is 1. The number of aliphatic carboxylic acids is 1. The van der Waals surface area contributed by atoms with Crippen LogP contribution >= 0.6 is 0 Å². The van der Waals surface area contributed by atoms with E-state index in [2.05, 4.69) is 10.6 Å². The van der Waals surface area contributed by atoms with Crippen LogP contribution in [0, 0.1) is 5.92 Å². The van der Waals surface area contributed by atoms with Crippen molar-refractivity contribution in [2.24, 2.45) is 5.92 Å². The molecule has 0 heterocycles. The number of amides is 2. The Hall–Kier alpha value is -2.37. The fraction of sp³-hybridized carbons (Fsp3) is 0.471. The number of hydrogen-bond donors (Lipinski definition) is 3. The third kappa shape index (κ3) is 4.55. The lowest BCUT2D eigenvalue weighted by molar-refractivity contribution is -0.141. The Labute approximate surface area is 135 Å². The van der Waals surface area contributed by atoms with Gasteiger partial charge in [0.05, 0.1) is 5.92 Å². The molecule has 3 N–H and O–H groups in total. The third-order valence-corrected chi connectivity index (χ3v) is 4.04. The Balaban J connectivity index is 1.97. The van der Waals surface area contributed by atoms with E-state index >= 15 is 0 Å². The molecule has 1 aromatic carbocycles. The lowest BCUT2D eigenvalue weighted by Crippen LogP contribution is -2.33. The molecule has 124 valence electrons. The van der Waals surface area contributed by atoms with Crippen LogP contribution in [-0.4, -0.2) is 35.5 Å². The summed E-state index contributed by atoms with van der Waals surface area (Å²) in [5.74, 6) is -1.66. The zero-order valence-electron chi connectivity index (χ0n) is 13.2. The van der Waals surface area contributed by atoms with Crippen molar-refractivity contribution in [3.63, 3.8) is 0 Å². The standard InChI is InChI=1S/C17H22N2O4/c1-2-8-18-15(20)11-4-3-5-12(9-11)16(21)19-14-7-6-13(10-14)17(22)23/h3-5,9,13-14H,2,6-8,10H2,1H3,(H,18,20)(H,19,21)(H,22,23)/t13-,14+/m1/s1. The molecule has 1 aliphatic carbocycles. The van der Waals surface area contributed by atoms with Gasteiger partial charge in [0.15, 0.2) is 0 Å². The molecule has 23 heavy (non-hydrogen) atoms. The van der Waals surface area contributed by atoms with Gasteiger partial charge >= 0.3 is 5.97 Å². The van der Waals surface area contributed by atoms with Crippen molar-refractivity contribution in [3.05, 3.63) is 35.4 Å². The minimum absolute atomic E-state index is 0.124. The molecule has 0 bridgehead atoms. The molecule has 0 spiro atoms. The summed E-state index contributed by atoms with van der Waals surface area (Å²) in [5.41, 5.74) is 0.855. The summed E-state index contributed by atoms with van der Waals surface area (Å²) in [6.45, 7) is 2.56. The number of rotatable bonds is 6. The molecule has 2 atom stereocenters. The zero-order valence-corrected chi connectivity index (χ0v) is 13.2. The molecule has 0 unspecified atom stereocenters. The van der Waals surface area contributed by atoms with Gasteiger partial charge < -0.3 is 15.7 Å². The van der Waals surface area contributed by atoms with Gasteiger partial charge in [0.1, 0.15) is 0 Å². The van der Waals surface area contributed by atoms with Crippen molar-refractivity contribution in [2.75, 3.05) is 6.54 Å². The van der Waals surface area contributed by atoms with Gasteiger partial charge in [-0.2, -0.15) is 0 Å². The van der Waals surface area contributed by atoms with E-state index in [1.807, 2.05) is 6.92 Å². The second kappa shape index (κ2) is 7.76. The summed E-state index contributed by atoms with van der Waals surface area (Å²) in [7, 11) is 0. The number of nitrogens with one attached hydrogen (secondary N) is 2. The third-order valence-electron chi connectivity index (χ3n) is 4.04. The summed E-state index contributed by atoms with van der Waals surface area (Å²) in [6, 6.07) is 6.42. The molecule has 2 rings (SSSR count). The summed E-state index contributed by atoms with van der Waals surface area (Å²) in [5, 5.41) is 14.6. The Morgan fingerprint density at radius 3 is 2.48 bits per heavy atom. The zero-order chi connectivity index (χ0) is 16.8. The number of carboxylic acids is 1. The van der Waals surface area contributed by atoms with Gasteiger partial charge in [-0.3, -0.25) is 14.4 Å². The first-order valence-corrected chi connectivity index (χ1v) is 7.93. The van der Waals surface area contributed by atoms with Crippen LogP contribution in [0.4, 0.5) is 0 Å². The predicted molar refractivity (Wildman–Crippen MR) is 85.3 cm³/mol. The van der Waals surface area contributed by atoms with Gasteiger partial charge in [-0.25, -0.2) is 0 Å². The molecular formula is C17H22N2O4. The second-order valence-corrected chi connectivity index (χ2v) is 5.86. The van der Waals surface area contributed by atoms with Gasteiger partial charge in [-0.15, -0.1) is 0 Å². The minimum Gasteiger partial charge on any atom is -0.481 e. The molecular weight excluding hydrogens is 296 g/mol. The molecule has 2 amide bonds. The molecule has 0 aliphatic heterocycles. The lowest BCUT2D eigenvalue weighted by atomic mass is 10.1. The van der Waals surface area contributed by atoms with Crippen LogP contribution in [0.3, 0.4) is 0 Å². The first kappa shape index (κ1) is 17.0. The Morgan fingerprint density at radius 2 is 1.87 bits per heavy atom. The molecule has 6 heteroatoms. The number of carbonyl (C=O) groups is 3. The van der Waals surface area contributed by atoms with Crippen molar-refractivity contribution in [3.8, 4) is 0 Å². The minimum atomic E-state index is -0.809. The van der Waals surface area contributed by atoms with E-state index < -0.39 is 5.97 Å². The normalized spacial score (nSPS) is 20.0. The molecule has 1 aromatic rings. The van der Waals surface area contributed by atoms with Crippen LogP contribution < -0.4 is 10.6 Å². The highest BCUT2D eigenvalue weighted by atomic mass is 16.4. The first-order valence-electron chi connectivity index (χ1n) is 7.93. The van der Waals surface area contributed by atoms with Gasteiger partial charge in [-0.05, 0) is 43.9 Å². The van der Waals surface area contributed by atoms with E-state index in [1.165, 1.54) is 0 Å². The summed E-state index contributed by atoms with van der Waals surface area (Å²) in [6.07, 6.45) is 2.55. The fourth-order valence-corrected chi connectivity index (χ4v) is 2.75. The molecule has 0 saturated heterocycles. The van der Waals surface area contributed by atoms with Crippen molar-refractivity contribution in [1.29, 1.82) is 0 Å². The largest absolute Gasteiger partial charge is 0.481 e. The highest BCUT2D eigenvalue weighted by molar-refractivity contribution is 5.99. The van der Waals surface area contributed by atoms with E-state index in [9.17, 15) is 14.4 Å². The summed E-state index contributed by atoms with van der Waals surface area (Å²) in [4.78, 5) is 35.2. The van der Waals surface area contributed by atoms with Crippen molar-refractivity contribution < 1.29 is 19.5 Å². The maximum Gasteiger partial charge on any atom is 0.306 e. The molecule has 1 aliphatic rings. The highest BCUT2D eigenvalue weighted by Crippen LogP contribution is 2.25. The van der Waals surface area contributed by atoms with E-state index in [4.69, 9.17) is 5.11 Å². The average Bonchev–Trinajstić information content (AvgIpc) is 3.01. The fourth-order valence-electron chi connectivity index (χ4n) is 2.75. The monoisotopic (exact) mass is 318 g/mol. The average molecular weight is 318 g/mol.